The summed E-state index contributed by atoms with van der Waals surface area (Å²) in [5.74, 6) is -0.0373. The Morgan fingerprint density at radius 2 is 1.85 bits per heavy atom. The van der Waals surface area contributed by atoms with E-state index in [2.05, 4.69) is 17.8 Å². The number of aldehydes is 1. The van der Waals surface area contributed by atoms with Crippen LogP contribution >= 0.6 is 0 Å². The molecule has 5 rings (SSSR count). The first kappa shape index (κ1) is 39.0. The number of aliphatic hydroxyl groups is 2. The molecule has 2 aromatic rings. The maximum absolute atomic E-state index is 13.8. The molecule has 6 unspecified atom stereocenters. The molecule has 6 atom stereocenters. The molecule has 52 heavy (non-hydrogen) atoms. The third-order valence-corrected chi connectivity index (χ3v) is 10.4. The lowest BCUT2D eigenvalue weighted by Crippen LogP contribution is -2.70. The highest BCUT2D eigenvalue weighted by molar-refractivity contribution is 6.03. The molecule has 3 aliphatic rings. The summed E-state index contributed by atoms with van der Waals surface area (Å²) in [6, 6.07) is 12.1. The topological polar surface area (TPSA) is 136 Å². The number of rotatable bonds is 19. The van der Waals surface area contributed by atoms with Gasteiger partial charge in [-0.05, 0) is 86.8 Å². The van der Waals surface area contributed by atoms with E-state index < -0.39 is 23.8 Å². The summed E-state index contributed by atoms with van der Waals surface area (Å²) >= 11 is 0. The predicted octanol–water partition coefficient (Wildman–Crippen LogP) is 7.42. The SMILES string of the molecule is C=CCOC12Oc3ccc(Oc4cccc(C=O)c4)cc3C3C(CCCCO)C(CCCCO)C=C(C(=NOC)CC1N(CCC)C(=O)OCC)C32. The second-order valence-corrected chi connectivity index (χ2v) is 13.6. The molecule has 1 heterocycles. The first-order chi connectivity index (χ1) is 25.4. The quantitative estimate of drug-likeness (QED) is 0.0658. The summed E-state index contributed by atoms with van der Waals surface area (Å²) in [4.78, 5) is 32.5. The molecule has 282 valence electrons. The Morgan fingerprint density at radius 3 is 2.54 bits per heavy atom. The number of unbranched alkanes of at least 4 members (excludes halogenated alkanes) is 2. The molecule has 1 aliphatic heterocycles. The van der Waals surface area contributed by atoms with E-state index in [4.69, 9.17) is 23.8 Å². The standard InChI is InChI=1S/C41H54N2O9/c1-5-19-43(40(47)49-7-3)37-26-35(42-48-4)33-24-29(14-8-10-20-44)32(16-9-11-21-45)38-34-25-31(51-30-15-12-13-28(23-30)27-46)17-18-36(34)52-41(37,39(33)38)50-22-6-2/h6,12-13,15,17-18,23-25,27,29,32,37-39,44-45H,2,5,7-11,14,16,19-22,26H2,1,3-4H3. The van der Waals surface area contributed by atoms with Crippen molar-refractivity contribution in [2.45, 2.75) is 83.0 Å². The maximum Gasteiger partial charge on any atom is 0.410 e. The van der Waals surface area contributed by atoms with E-state index >= 15 is 0 Å². The molecule has 2 aromatic carbocycles. The summed E-state index contributed by atoms with van der Waals surface area (Å²) in [6.45, 7) is 8.78. The van der Waals surface area contributed by atoms with E-state index in [1.54, 1.807) is 36.1 Å². The minimum Gasteiger partial charge on any atom is -0.459 e. The lowest BCUT2D eigenvalue weighted by atomic mass is 9.55. The second-order valence-electron chi connectivity index (χ2n) is 13.6. The largest absolute Gasteiger partial charge is 0.459 e. The molecular weight excluding hydrogens is 664 g/mol. The Labute approximate surface area is 307 Å². The van der Waals surface area contributed by atoms with Crippen molar-refractivity contribution in [3.8, 4) is 17.2 Å². The highest BCUT2D eigenvalue weighted by Gasteiger charge is 2.65. The third-order valence-electron chi connectivity index (χ3n) is 10.4. The van der Waals surface area contributed by atoms with E-state index in [9.17, 15) is 19.8 Å². The molecular formula is C41H54N2O9. The number of carbonyl (C=O) groups excluding carboxylic acids is 2. The summed E-state index contributed by atoms with van der Waals surface area (Å²) in [7, 11) is 1.53. The highest BCUT2D eigenvalue weighted by Crippen LogP contribution is 2.62. The van der Waals surface area contributed by atoms with Crippen molar-refractivity contribution >= 4 is 18.1 Å². The fraction of sp³-hybridized carbons (Fsp3) is 0.537. The van der Waals surface area contributed by atoms with Gasteiger partial charge in [0.2, 0.25) is 5.79 Å². The number of amides is 1. The Kier molecular flexibility index (Phi) is 13.9. The first-order valence-corrected chi connectivity index (χ1v) is 18.7. The van der Waals surface area contributed by atoms with Crippen molar-refractivity contribution < 1.29 is 43.6 Å². The minimum absolute atomic E-state index is 0.0757. The van der Waals surface area contributed by atoms with Crippen LogP contribution in [-0.2, 0) is 14.3 Å². The summed E-state index contributed by atoms with van der Waals surface area (Å²) < 4.78 is 26.1. The first-order valence-electron chi connectivity index (χ1n) is 18.7. The van der Waals surface area contributed by atoms with Crippen LogP contribution in [0.4, 0.5) is 4.79 Å². The van der Waals surface area contributed by atoms with Crippen LogP contribution < -0.4 is 9.47 Å². The maximum atomic E-state index is 13.8. The Bertz CT molecular complexity index is 1590. The molecule has 0 aromatic heterocycles. The number of ether oxygens (including phenoxy) is 4. The number of fused-ring (bicyclic) bond motifs is 2. The van der Waals surface area contributed by atoms with Gasteiger partial charge >= 0.3 is 6.09 Å². The second kappa shape index (κ2) is 18.5. The van der Waals surface area contributed by atoms with Gasteiger partial charge in [-0.1, -0.05) is 49.2 Å². The number of hydrogen-bond acceptors (Lipinski definition) is 10. The van der Waals surface area contributed by atoms with Gasteiger partial charge in [-0.3, -0.25) is 9.69 Å². The van der Waals surface area contributed by atoms with Crippen molar-refractivity contribution in [3.63, 3.8) is 0 Å². The molecule has 1 fully saturated rings. The van der Waals surface area contributed by atoms with Gasteiger partial charge < -0.3 is 34.0 Å². The van der Waals surface area contributed by atoms with Crippen LogP contribution in [0.2, 0.25) is 0 Å². The van der Waals surface area contributed by atoms with Gasteiger partial charge in [-0.25, -0.2) is 4.79 Å². The molecule has 0 radical (unpaired) electrons. The number of hydrogen-bond donors (Lipinski definition) is 2. The zero-order chi connectivity index (χ0) is 37.1. The number of carbonyl (C=O) groups is 2. The van der Waals surface area contributed by atoms with E-state index in [1.165, 1.54) is 7.11 Å². The number of oxime groups is 1. The fourth-order valence-electron chi connectivity index (χ4n) is 8.43. The fourth-order valence-corrected chi connectivity index (χ4v) is 8.43. The lowest BCUT2D eigenvalue weighted by molar-refractivity contribution is -0.255. The van der Waals surface area contributed by atoms with Crippen molar-refractivity contribution in [2.24, 2.45) is 22.9 Å². The van der Waals surface area contributed by atoms with Gasteiger partial charge in [0.25, 0.3) is 0 Å². The van der Waals surface area contributed by atoms with Gasteiger partial charge in [0.1, 0.15) is 36.7 Å². The van der Waals surface area contributed by atoms with Gasteiger partial charge in [0, 0.05) is 43.2 Å². The van der Waals surface area contributed by atoms with Crippen LogP contribution in [0.25, 0.3) is 0 Å². The van der Waals surface area contributed by atoms with Gasteiger partial charge in [0.15, 0.2) is 0 Å². The molecule has 1 amide bonds. The summed E-state index contributed by atoms with van der Waals surface area (Å²) in [5.41, 5.74) is 3.12. The van der Waals surface area contributed by atoms with Crippen molar-refractivity contribution in [1.29, 1.82) is 0 Å². The van der Waals surface area contributed by atoms with Gasteiger partial charge in [-0.2, -0.15) is 0 Å². The summed E-state index contributed by atoms with van der Waals surface area (Å²) in [5, 5.41) is 24.2. The van der Waals surface area contributed by atoms with E-state index in [0.29, 0.717) is 55.0 Å². The lowest BCUT2D eigenvalue weighted by Gasteiger charge is -2.59. The third kappa shape index (κ3) is 8.22. The Hall–Kier alpha value is -4.19. The number of nitrogens with zero attached hydrogens (tertiary/aromatic N) is 2. The summed E-state index contributed by atoms with van der Waals surface area (Å²) in [6.07, 6.45) is 9.98. The molecule has 2 aliphatic carbocycles. The number of allylic oxidation sites excluding steroid dienone is 1. The molecule has 0 spiro atoms. The van der Waals surface area contributed by atoms with Crippen LogP contribution in [0.3, 0.4) is 0 Å². The Balaban J connectivity index is 1.76. The molecule has 2 N–H and O–H groups in total. The Morgan fingerprint density at radius 1 is 1.08 bits per heavy atom. The van der Waals surface area contributed by atoms with Crippen LogP contribution in [0.5, 0.6) is 17.2 Å². The molecule has 0 bridgehead atoms. The van der Waals surface area contributed by atoms with Gasteiger partial charge in [-0.15, -0.1) is 6.58 Å². The zero-order valence-corrected chi connectivity index (χ0v) is 30.7. The van der Waals surface area contributed by atoms with E-state index in [1.807, 2.05) is 31.2 Å². The van der Waals surface area contributed by atoms with Crippen LogP contribution in [0.15, 0.2) is 71.9 Å². The average Bonchev–Trinajstić information content (AvgIpc) is 3.15. The number of aliphatic hydroxyl groups excluding tert-OH is 2. The smallest absolute Gasteiger partial charge is 0.410 e. The minimum atomic E-state index is -1.35. The monoisotopic (exact) mass is 718 g/mol. The van der Waals surface area contributed by atoms with Gasteiger partial charge in [0.05, 0.1) is 24.8 Å². The van der Waals surface area contributed by atoms with E-state index in [0.717, 1.165) is 48.8 Å². The van der Waals surface area contributed by atoms with E-state index in [-0.39, 0.29) is 44.2 Å². The normalized spacial score (nSPS) is 25.2. The predicted molar refractivity (Wildman–Crippen MR) is 198 cm³/mol. The molecule has 0 saturated heterocycles. The van der Waals surface area contributed by atoms with Crippen molar-refractivity contribution in [3.05, 3.63) is 77.9 Å². The highest BCUT2D eigenvalue weighted by atomic mass is 16.7. The average molecular weight is 719 g/mol. The number of benzene rings is 2. The molecule has 11 heteroatoms. The van der Waals surface area contributed by atoms with Crippen molar-refractivity contribution in [1.82, 2.24) is 4.90 Å². The molecule has 1 saturated carbocycles. The van der Waals surface area contributed by atoms with Crippen molar-refractivity contribution in [2.75, 3.05) is 40.1 Å². The zero-order valence-electron chi connectivity index (χ0n) is 30.7. The molecule has 11 nitrogen and oxygen atoms in total. The van der Waals surface area contributed by atoms with Crippen LogP contribution in [0.1, 0.15) is 87.1 Å². The van der Waals surface area contributed by atoms with Crippen LogP contribution in [-0.4, -0.2) is 85.1 Å². The van der Waals surface area contributed by atoms with Crippen LogP contribution in [0, 0.1) is 17.8 Å².